The second-order valence-electron chi connectivity index (χ2n) is 7.32. The minimum atomic E-state index is 0.00827. The molecule has 1 atom stereocenters. The van der Waals surface area contributed by atoms with Crippen LogP contribution in [0.2, 0.25) is 0 Å². The minimum absolute atomic E-state index is 0.00827. The first kappa shape index (κ1) is 18.4. The minimum Gasteiger partial charge on any atom is -0.354 e. The maximum Gasteiger partial charge on any atom is 0.225 e. The molecule has 1 aliphatic rings. The van der Waals surface area contributed by atoms with Crippen molar-refractivity contribution in [2.45, 2.75) is 58.0 Å². The van der Waals surface area contributed by atoms with Crippen LogP contribution in [0.4, 0.5) is 5.95 Å². The van der Waals surface area contributed by atoms with E-state index in [1.165, 1.54) is 31.2 Å². The lowest BCUT2D eigenvalue weighted by atomic mass is 10.0. The lowest BCUT2D eigenvalue weighted by Crippen LogP contribution is -2.31. The Bertz CT molecular complexity index is 721. The zero-order chi connectivity index (χ0) is 18.5. The van der Waals surface area contributed by atoms with Gasteiger partial charge in [-0.1, -0.05) is 37.1 Å². The van der Waals surface area contributed by atoms with Crippen molar-refractivity contribution < 1.29 is 4.79 Å². The van der Waals surface area contributed by atoms with E-state index in [0.717, 1.165) is 23.5 Å². The maximum atomic E-state index is 11.1. The summed E-state index contributed by atoms with van der Waals surface area (Å²) >= 11 is 0. The van der Waals surface area contributed by atoms with Crippen molar-refractivity contribution in [1.82, 2.24) is 15.3 Å². The Morgan fingerprint density at radius 1 is 1.15 bits per heavy atom. The van der Waals surface area contributed by atoms with Crippen molar-refractivity contribution in [3.05, 3.63) is 42.2 Å². The molecule has 1 heterocycles. The van der Waals surface area contributed by atoms with Crippen LogP contribution < -0.4 is 10.2 Å². The van der Waals surface area contributed by atoms with E-state index < -0.39 is 0 Å². The van der Waals surface area contributed by atoms with E-state index in [0.29, 0.717) is 6.04 Å². The van der Waals surface area contributed by atoms with Gasteiger partial charge in [0.25, 0.3) is 0 Å². The maximum absolute atomic E-state index is 11.1. The van der Waals surface area contributed by atoms with Crippen LogP contribution in [0.3, 0.4) is 0 Å². The van der Waals surface area contributed by atoms with Gasteiger partial charge in [0.2, 0.25) is 11.9 Å². The molecular weight excluding hydrogens is 324 g/mol. The van der Waals surface area contributed by atoms with Gasteiger partial charge in [0.05, 0.1) is 0 Å². The van der Waals surface area contributed by atoms with Gasteiger partial charge in [0.1, 0.15) is 0 Å². The third-order valence-electron chi connectivity index (χ3n) is 5.10. The molecule has 1 aromatic carbocycles. The highest BCUT2D eigenvalue weighted by Gasteiger charge is 2.21. The van der Waals surface area contributed by atoms with Crippen LogP contribution in [0.1, 0.15) is 45.1 Å². The highest BCUT2D eigenvalue weighted by molar-refractivity contribution is 5.73. The van der Waals surface area contributed by atoms with Gasteiger partial charge >= 0.3 is 0 Å². The summed E-state index contributed by atoms with van der Waals surface area (Å²) in [7, 11) is 2.09. The Hall–Kier alpha value is -2.43. The van der Waals surface area contributed by atoms with Crippen molar-refractivity contribution in [2.24, 2.45) is 0 Å². The predicted octanol–water partition coefficient (Wildman–Crippen LogP) is 3.59. The first-order valence-electron chi connectivity index (χ1n) is 9.44. The molecule has 2 aromatic rings. The SMILES string of the molecule is CC(=O)NC(C)Cc1ccc(-c2cnc(N(C)C3CCCC3)nc2)cc1. The molecule has 1 amide bonds. The number of aromatic nitrogens is 2. The van der Waals surface area contributed by atoms with Crippen molar-refractivity contribution in [3.63, 3.8) is 0 Å². The first-order valence-corrected chi connectivity index (χ1v) is 9.44. The number of carbonyl (C=O) groups excluding carboxylic acids is 1. The molecule has 0 aliphatic heterocycles. The monoisotopic (exact) mass is 352 g/mol. The van der Waals surface area contributed by atoms with Crippen LogP contribution in [0.15, 0.2) is 36.7 Å². The molecule has 0 radical (unpaired) electrons. The van der Waals surface area contributed by atoms with Crippen LogP contribution in [-0.4, -0.2) is 35.0 Å². The number of carbonyl (C=O) groups is 1. The molecule has 1 N–H and O–H groups in total. The third-order valence-corrected chi connectivity index (χ3v) is 5.10. The number of anilines is 1. The van der Waals surface area contributed by atoms with Crippen LogP contribution >= 0.6 is 0 Å². The van der Waals surface area contributed by atoms with Gasteiger partial charge in [-0.2, -0.15) is 0 Å². The Balaban J connectivity index is 1.64. The molecule has 0 bridgehead atoms. The Labute approximate surface area is 155 Å². The molecule has 3 rings (SSSR count). The normalized spacial score (nSPS) is 15.7. The van der Waals surface area contributed by atoms with Crippen LogP contribution in [0.25, 0.3) is 11.1 Å². The van der Waals surface area contributed by atoms with Crippen molar-refractivity contribution in [2.75, 3.05) is 11.9 Å². The molecule has 1 aromatic heterocycles. The summed E-state index contributed by atoms with van der Waals surface area (Å²) in [5.74, 6) is 0.815. The van der Waals surface area contributed by atoms with E-state index in [-0.39, 0.29) is 11.9 Å². The van der Waals surface area contributed by atoms with Gasteiger partial charge in [-0.3, -0.25) is 4.79 Å². The highest BCUT2D eigenvalue weighted by Crippen LogP contribution is 2.26. The number of hydrogen-bond acceptors (Lipinski definition) is 4. The number of nitrogens with zero attached hydrogens (tertiary/aromatic N) is 3. The Morgan fingerprint density at radius 2 is 1.77 bits per heavy atom. The molecule has 1 saturated carbocycles. The van der Waals surface area contributed by atoms with E-state index in [4.69, 9.17) is 0 Å². The lowest BCUT2D eigenvalue weighted by molar-refractivity contribution is -0.119. The van der Waals surface area contributed by atoms with Crippen LogP contribution in [0.5, 0.6) is 0 Å². The summed E-state index contributed by atoms with van der Waals surface area (Å²) in [4.78, 5) is 22.5. The number of hydrogen-bond donors (Lipinski definition) is 1. The molecule has 1 aliphatic carbocycles. The zero-order valence-electron chi connectivity index (χ0n) is 15.9. The Kier molecular flexibility index (Phi) is 5.86. The smallest absolute Gasteiger partial charge is 0.225 e. The first-order chi connectivity index (χ1) is 12.5. The van der Waals surface area contributed by atoms with E-state index in [9.17, 15) is 4.79 Å². The molecule has 138 valence electrons. The van der Waals surface area contributed by atoms with E-state index in [2.05, 4.69) is 51.5 Å². The summed E-state index contributed by atoms with van der Waals surface area (Å²) in [5, 5.41) is 2.91. The molecule has 5 heteroatoms. The Morgan fingerprint density at radius 3 is 2.35 bits per heavy atom. The molecule has 1 fully saturated rings. The lowest BCUT2D eigenvalue weighted by Gasteiger charge is -2.24. The fourth-order valence-electron chi connectivity index (χ4n) is 3.69. The predicted molar refractivity (Wildman–Crippen MR) is 105 cm³/mol. The standard InChI is InChI=1S/C21H28N4O/c1-15(24-16(2)26)12-17-8-10-18(11-9-17)19-13-22-21(23-14-19)25(3)20-6-4-5-7-20/h8-11,13-15,20H,4-7,12H2,1-3H3,(H,24,26). The van der Waals surface area contributed by atoms with Crippen molar-refractivity contribution >= 4 is 11.9 Å². The van der Waals surface area contributed by atoms with Crippen LogP contribution in [0, 0.1) is 0 Å². The summed E-state index contributed by atoms with van der Waals surface area (Å²) in [6.07, 6.45) is 9.72. The zero-order valence-corrected chi connectivity index (χ0v) is 15.9. The average Bonchev–Trinajstić information content (AvgIpc) is 3.16. The highest BCUT2D eigenvalue weighted by atomic mass is 16.1. The van der Waals surface area contributed by atoms with Gasteiger partial charge in [-0.25, -0.2) is 9.97 Å². The fourth-order valence-corrected chi connectivity index (χ4v) is 3.69. The number of benzene rings is 1. The second kappa shape index (κ2) is 8.30. The average molecular weight is 352 g/mol. The third kappa shape index (κ3) is 4.59. The number of rotatable bonds is 6. The van der Waals surface area contributed by atoms with E-state index >= 15 is 0 Å². The number of nitrogens with one attached hydrogen (secondary N) is 1. The number of amides is 1. The molecular formula is C21H28N4O. The van der Waals surface area contributed by atoms with Gasteiger partial charge in [-0.05, 0) is 37.3 Å². The molecule has 0 spiro atoms. The molecule has 26 heavy (non-hydrogen) atoms. The summed E-state index contributed by atoms with van der Waals surface area (Å²) < 4.78 is 0. The largest absolute Gasteiger partial charge is 0.354 e. The van der Waals surface area contributed by atoms with Crippen molar-refractivity contribution in [1.29, 1.82) is 0 Å². The quantitative estimate of drug-likeness (QED) is 0.863. The van der Waals surface area contributed by atoms with Gasteiger partial charge < -0.3 is 10.2 Å². The van der Waals surface area contributed by atoms with Gasteiger partial charge in [-0.15, -0.1) is 0 Å². The van der Waals surface area contributed by atoms with Crippen LogP contribution in [-0.2, 0) is 11.2 Å². The van der Waals surface area contributed by atoms with Gasteiger partial charge in [0, 0.05) is 44.0 Å². The molecule has 5 nitrogen and oxygen atoms in total. The topological polar surface area (TPSA) is 58.1 Å². The molecule has 0 saturated heterocycles. The van der Waals surface area contributed by atoms with E-state index in [1.54, 1.807) is 6.92 Å². The summed E-state index contributed by atoms with van der Waals surface area (Å²) in [6.45, 7) is 3.57. The van der Waals surface area contributed by atoms with E-state index in [1.807, 2.05) is 19.3 Å². The second-order valence-corrected chi connectivity index (χ2v) is 7.32. The molecule has 1 unspecified atom stereocenters. The summed E-state index contributed by atoms with van der Waals surface area (Å²) in [6, 6.07) is 9.10. The summed E-state index contributed by atoms with van der Waals surface area (Å²) in [5.41, 5.74) is 3.33. The van der Waals surface area contributed by atoms with Crippen molar-refractivity contribution in [3.8, 4) is 11.1 Å². The fraction of sp³-hybridized carbons (Fsp3) is 0.476. The van der Waals surface area contributed by atoms with Gasteiger partial charge in [0.15, 0.2) is 0 Å².